The molecule has 3 heteroatoms. The van der Waals surface area contributed by atoms with Crippen molar-refractivity contribution in [3.8, 4) is 11.8 Å². The lowest BCUT2D eigenvalue weighted by Gasteiger charge is -2.28. The Hall–Kier alpha value is -1.37. The highest BCUT2D eigenvalue weighted by atomic mass is 19.1. The van der Waals surface area contributed by atoms with Crippen LogP contribution in [0.4, 0.5) is 4.39 Å². The third kappa shape index (κ3) is 4.06. The molecule has 1 fully saturated rings. The van der Waals surface area contributed by atoms with Crippen LogP contribution in [0.25, 0.3) is 0 Å². The normalized spacial score (nSPS) is 22.1. The number of benzene rings is 1. The van der Waals surface area contributed by atoms with Gasteiger partial charge in [0.15, 0.2) is 0 Å². The molecule has 0 aromatic heterocycles. The van der Waals surface area contributed by atoms with E-state index < -0.39 is 0 Å². The summed E-state index contributed by atoms with van der Waals surface area (Å²) in [5.41, 5.74) is 6.55. The molecule has 0 aliphatic heterocycles. The molecule has 1 aromatic rings. The Bertz CT molecular complexity index is 503. The van der Waals surface area contributed by atoms with E-state index in [-0.39, 0.29) is 18.5 Å². The highest BCUT2D eigenvalue weighted by Crippen LogP contribution is 2.27. The van der Waals surface area contributed by atoms with Gasteiger partial charge in [0.1, 0.15) is 5.82 Å². The van der Waals surface area contributed by atoms with E-state index in [2.05, 4.69) is 18.8 Å². The number of ether oxygens (including phenoxy) is 1. The molecule has 0 spiro atoms. The second-order valence-corrected chi connectivity index (χ2v) is 5.42. The zero-order valence-corrected chi connectivity index (χ0v) is 12.0. The molecule has 0 heterocycles. The zero-order chi connectivity index (χ0) is 14.4. The van der Waals surface area contributed by atoms with Crippen LogP contribution in [-0.4, -0.2) is 12.6 Å². The predicted octanol–water partition coefficient (Wildman–Crippen LogP) is 3.23. The van der Waals surface area contributed by atoms with Crippen LogP contribution in [0.15, 0.2) is 18.2 Å². The van der Waals surface area contributed by atoms with E-state index in [9.17, 15) is 4.39 Å². The lowest BCUT2D eigenvalue weighted by atomic mass is 9.88. The van der Waals surface area contributed by atoms with Crippen LogP contribution in [0.3, 0.4) is 0 Å². The lowest BCUT2D eigenvalue weighted by molar-refractivity contribution is -0.0164. The Morgan fingerprint density at radius 2 is 2.15 bits per heavy atom. The Kier molecular flexibility index (Phi) is 5.58. The summed E-state index contributed by atoms with van der Waals surface area (Å²) in [6, 6.07) is 5.02. The monoisotopic (exact) mass is 275 g/mol. The largest absolute Gasteiger partial charge is 0.373 e. The quantitative estimate of drug-likeness (QED) is 0.860. The zero-order valence-electron chi connectivity index (χ0n) is 12.0. The van der Waals surface area contributed by atoms with Crippen LogP contribution < -0.4 is 5.73 Å². The first kappa shape index (κ1) is 15.0. The Morgan fingerprint density at radius 3 is 2.85 bits per heavy atom. The topological polar surface area (TPSA) is 35.2 Å². The van der Waals surface area contributed by atoms with Crippen molar-refractivity contribution in [1.82, 2.24) is 0 Å². The van der Waals surface area contributed by atoms with E-state index in [0.29, 0.717) is 23.7 Å². The summed E-state index contributed by atoms with van der Waals surface area (Å²) in [6.45, 7) is 2.84. The van der Waals surface area contributed by atoms with Gasteiger partial charge in [-0.2, -0.15) is 0 Å². The Morgan fingerprint density at radius 1 is 1.35 bits per heavy atom. The van der Waals surface area contributed by atoms with E-state index in [4.69, 9.17) is 10.5 Å². The van der Waals surface area contributed by atoms with E-state index in [1.807, 2.05) is 6.07 Å². The van der Waals surface area contributed by atoms with Crippen molar-refractivity contribution in [1.29, 1.82) is 0 Å². The molecule has 0 bridgehead atoms. The van der Waals surface area contributed by atoms with Gasteiger partial charge >= 0.3 is 0 Å². The van der Waals surface area contributed by atoms with E-state index in [1.165, 1.54) is 25.3 Å². The molecule has 2 nitrogen and oxygen atoms in total. The van der Waals surface area contributed by atoms with Gasteiger partial charge < -0.3 is 10.5 Å². The molecule has 1 aliphatic rings. The Balaban J connectivity index is 1.95. The molecule has 20 heavy (non-hydrogen) atoms. The molecule has 1 saturated carbocycles. The summed E-state index contributed by atoms with van der Waals surface area (Å²) < 4.78 is 19.8. The molecule has 0 radical (unpaired) electrons. The van der Waals surface area contributed by atoms with Crippen LogP contribution in [0.2, 0.25) is 0 Å². The van der Waals surface area contributed by atoms with Gasteiger partial charge in [0.05, 0.1) is 19.3 Å². The van der Waals surface area contributed by atoms with E-state index in [1.54, 1.807) is 6.07 Å². The van der Waals surface area contributed by atoms with Crippen LogP contribution in [-0.2, 0) is 11.3 Å². The van der Waals surface area contributed by atoms with Gasteiger partial charge in [-0.3, -0.25) is 0 Å². The summed E-state index contributed by atoms with van der Waals surface area (Å²) >= 11 is 0. The second kappa shape index (κ2) is 7.42. The van der Waals surface area contributed by atoms with Crippen molar-refractivity contribution in [3.63, 3.8) is 0 Å². The smallest absolute Gasteiger partial charge is 0.129 e. The predicted molar refractivity (Wildman–Crippen MR) is 78.5 cm³/mol. The van der Waals surface area contributed by atoms with Gasteiger partial charge in [0.2, 0.25) is 0 Å². The highest BCUT2D eigenvalue weighted by Gasteiger charge is 2.22. The van der Waals surface area contributed by atoms with E-state index in [0.717, 1.165) is 6.42 Å². The van der Waals surface area contributed by atoms with Crippen molar-refractivity contribution >= 4 is 0 Å². The third-order valence-electron chi connectivity index (χ3n) is 3.87. The van der Waals surface area contributed by atoms with Gasteiger partial charge in [-0.25, -0.2) is 4.39 Å². The first-order valence-corrected chi connectivity index (χ1v) is 7.29. The van der Waals surface area contributed by atoms with Crippen molar-refractivity contribution < 1.29 is 9.13 Å². The first-order valence-electron chi connectivity index (χ1n) is 7.29. The fourth-order valence-electron chi connectivity index (χ4n) is 2.62. The maximum absolute atomic E-state index is 13.9. The van der Waals surface area contributed by atoms with Crippen LogP contribution in [0, 0.1) is 23.6 Å². The minimum absolute atomic E-state index is 0.253. The molecular weight excluding hydrogens is 253 g/mol. The van der Waals surface area contributed by atoms with Gasteiger partial charge in [-0.05, 0) is 30.9 Å². The summed E-state index contributed by atoms with van der Waals surface area (Å²) in [4.78, 5) is 0. The Labute approximate surface area is 120 Å². The van der Waals surface area contributed by atoms with Crippen LogP contribution in [0.1, 0.15) is 43.7 Å². The fourth-order valence-corrected chi connectivity index (χ4v) is 2.62. The molecule has 1 aromatic carbocycles. The average Bonchev–Trinajstić information content (AvgIpc) is 2.45. The van der Waals surface area contributed by atoms with Gasteiger partial charge in [0, 0.05) is 11.1 Å². The van der Waals surface area contributed by atoms with Crippen molar-refractivity contribution in [2.45, 2.75) is 45.3 Å². The molecule has 0 saturated heterocycles. The summed E-state index contributed by atoms with van der Waals surface area (Å²) in [6.07, 6.45) is 5.05. The average molecular weight is 275 g/mol. The molecular formula is C17H22FNO. The van der Waals surface area contributed by atoms with E-state index >= 15 is 0 Å². The molecule has 2 rings (SSSR count). The molecule has 2 N–H and O–H groups in total. The summed E-state index contributed by atoms with van der Waals surface area (Å²) in [7, 11) is 0. The number of hydrogen-bond donors (Lipinski definition) is 1. The standard InChI is InChI=1S/C17H22FNO/c1-13-5-2-3-7-17(13)20-12-15-9-8-14(6-4-10-19)11-16(15)18/h8-9,11,13,17H,2-3,5,7,10,12,19H2,1H3. The maximum Gasteiger partial charge on any atom is 0.129 e. The lowest BCUT2D eigenvalue weighted by Crippen LogP contribution is -2.25. The fraction of sp³-hybridized carbons (Fsp3) is 0.529. The van der Waals surface area contributed by atoms with Gasteiger partial charge in [0.25, 0.3) is 0 Å². The van der Waals surface area contributed by atoms with Crippen LogP contribution in [0.5, 0.6) is 0 Å². The molecule has 108 valence electrons. The van der Waals surface area contributed by atoms with Crippen molar-refractivity contribution in [2.24, 2.45) is 11.7 Å². The first-order chi connectivity index (χ1) is 9.70. The van der Waals surface area contributed by atoms with Gasteiger partial charge in [-0.15, -0.1) is 0 Å². The maximum atomic E-state index is 13.9. The summed E-state index contributed by atoms with van der Waals surface area (Å²) in [5, 5.41) is 0. The van der Waals surface area contributed by atoms with Crippen molar-refractivity contribution in [2.75, 3.05) is 6.54 Å². The summed E-state index contributed by atoms with van der Waals surface area (Å²) in [5.74, 6) is 5.87. The number of halogens is 1. The van der Waals surface area contributed by atoms with Gasteiger partial charge in [-0.1, -0.05) is 37.7 Å². The molecule has 0 amide bonds. The van der Waals surface area contributed by atoms with Crippen molar-refractivity contribution in [3.05, 3.63) is 35.1 Å². The van der Waals surface area contributed by atoms with Crippen LogP contribution >= 0.6 is 0 Å². The minimum atomic E-state index is -0.253. The SMILES string of the molecule is CC1CCCCC1OCc1ccc(C#CCN)cc1F. The number of rotatable bonds is 3. The second-order valence-electron chi connectivity index (χ2n) is 5.42. The minimum Gasteiger partial charge on any atom is -0.373 e. The number of hydrogen-bond acceptors (Lipinski definition) is 2. The molecule has 1 aliphatic carbocycles. The number of nitrogens with two attached hydrogens (primary N) is 1. The highest BCUT2D eigenvalue weighted by molar-refractivity contribution is 5.37. The third-order valence-corrected chi connectivity index (χ3v) is 3.87. The molecule has 2 atom stereocenters. The molecule has 2 unspecified atom stereocenters.